The van der Waals surface area contributed by atoms with Crippen LogP contribution in [-0.4, -0.2) is 15.9 Å². The van der Waals surface area contributed by atoms with Gasteiger partial charge in [0.05, 0.1) is 5.69 Å². The second-order valence-electron chi connectivity index (χ2n) is 6.56. The van der Waals surface area contributed by atoms with Crippen molar-refractivity contribution < 1.29 is 13.9 Å². The maximum Gasteiger partial charge on any atom is 0.251 e. The zero-order valence-electron chi connectivity index (χ0n) is 16.0. The molecule has 1 N–H and O–H groups in total. The highest BCUT2D eigenvalue weighted by molar-refractivity contribution is 5.94. The van der Waals surface area contributed by atoms with Gasteiger partial charge in [-0.15, -0.1) is 0 Å². The Kier molecular flexibility index (Phi) is 5.75. The molecule has 2 heterocycles. The number of carbonyl (C=O) groups is 1. The first-order valence-corrected chi connectivity index (χ1v) is 9.34. The highest BCUT2D eigenvalue weighted by Gasteiger charge is 2.08. The van der Waals surface area contributed by atoms with Gasteiger partial charge in [-0.25, -0.2) is 4.39 Å². The van der Waals surface area contributed by atoms with Gasteiger partial charge in [-0.2, -0.15) is 0 Å². The molecule has 0 radical (unpaired) electrons. The zero-order valence-corrected chi connectivity index (χ0v) is 16.0. The Morgan fingerprint density at radius 2 is 1.80 bits per heavy atom. The van der Waals surface area contributed by atoms with E-state index in [1.165, 1.54) is 24.3 Å². The van der Waals surface area contributed by atoms with Crippen LogP contribution in [0.4, 0.5) is 4.39 Å². The fourth-order valence-electron chi connectivity index (χ4n) is 2.88. The fraction of sp³-hybridized carbons (Fsp3) is 0.0417. The van der Waals surface area contributed by atoms with Crippen molar-refractivity contribution in [2.45, 2.75) is 6.54 Å². The summed E-state index contributed by atoms with van der Waals surface area (Å²) in [6.07, 6.45) is 5.17. The number of hydrogen-bond acceptors (Lipinski definition) is 4. The van der Waals surface area contributed by atoms with Crippen LogP contribution in [0.25, 0.3) is 11.3 Å². The van der Waals surface area contributed by atoms with Crippen molar-refractivity contribution in [3.05, 3.63) is 108 Å². The van der Waals surface area contributed by atoms with Gasteiger partial charge in [0.15, 0.2) is 0 Å². The Hall–Kier alpha value is -4.06. The molecule has 0 aliphatic heterocycles. The summed E-state index contributed by atoms with van der Waals surface area (Å²) < 4.78 is 18.7. The van der Waals surface area contributed by atoms with E-state index in [1.807, 2.05) is 24.3 Å². The molecule has 0 atom stereocenters. The van der Waals surface area contributed by atoms with Gasteiger partial charge in [-0.3, -0.25) is 14.8 Å². The summed E-state index contributed by atoms with van der Waals surface area (Å²) in [5.74, 6) is 0.434. The topological polar surface area (TPSA) is 64.1 Å². The molecule has 5 nitrogen and oxygen atoms in total. The Bertz CT molecular complexity index is 1150. The van der Waals surface area contributed by atoms with Gasteiger partial charge in [-0.1, -0.05) is 6.07 Å². The number of amides is 1. The molecule has 2 aromatic carbocycles. The van der Waals surface area contributed by atoms with E-state index in [-0.39, 0.29) is 11.7 Å². The van der Waals surface area contributed by atoms with Crippen molar-refractivity contribution >= 4 is 5.91 Å². The molecule has 0 unspecified atom stereocenters. The average Bonchev–Trinajstić information content (AvgIpc) is 2.80. The molecule has 0 spiro atoms. The number of carbonyl (C=O) groups excluding carboxylic acids is 1. The molecule has 1 amide bonds. The number of pyridine rings is 2. The van der Waals surface area contributed by atoms with Crippen molar-refractivity contribution in [2.24, 2.45) is 0 Å². The summed E-state index contributed by atoms with van der Waals surface area (Å²) in [5.41, 5.74) is 3.10. The van der Waals surface area contributed by atoms with Gasteiger partial charge < -0.3 is 10.1 Å². The fourth-order valence-corrected chi connectivity index (χ4v) is 2.88. The van der Waals surface area contributed by atoms with E-state index in [0.29, 0.717) is 23.6 Å². The van der Waals surface area contributed by atoms with E-state index in [0.717, 1.165) is 16.8 Å². The zero-order chi connectivity index (χ0) is 20.8. The lowest BCUT2D eigenvalue weighted by Gasteiger charge is -2.09. The van der Waals surface area contributed by atoms with Crippen LogP contribution in [0.3, 0.4) is 0 Å². The maximum atomic E-state index is 13.0. The van der Waals surface area contributed by atoms with E-state index in [4.69, 9.17) is 4.74 Å². The van der Waals surface area contributed by atoms with Crippen molar-refractivity contribution in [1.82, 2.24) is 15.3 Å². The average molecular weight is 399 g/mol. The molecule has 0 saturated heterocycles. The number of ether oxygens (including phenoxy) is 1. The SMILES string of the molecule is O=C(NCc1ccnc(-c2cccnc2)c1)c1cccc(Oc2ccc(F)cc2)c1. The van der Waals surface area contributed by atoms with Crippen LogP contribution < -0.4 is 10.1 Å². The summed E-state index contributed by atoms with van der Waals surface area (Å²) in [4.78, 5) is 21.0. The molecule has 0 aliphatic carbocycles. The molecule has 0 aliphatic rings. The van der Waals surface area contributed by atoms with Crippen molar-refractivity contribution in [1.29, 1.82) is 0 Å². The third-order valence-electron chi connectivity index (χ3n) is 4.38. The summed E-state index contributed by atoms with van der Waals surface area (Å²) in [6, 6.07) is 20.1. The number of aromatic nitrogens is 2. The van der Waals surface area contributed by atoms with Gasteiger partial charge in [0, 0.05) is 36.3 Å². The van der Waals surface area contributed by atoms with Gasteiger partial charge >= 0.3 is 0 Å². The molecule has 30 heavy (non-hydrogen) atoms. The normalized spacial score (nSPS) is 10.4. The minimum atomic E-state index is -0.335. The summed E-state index contributed by atoms with van der Waals surface area (Å²) >= 11 is 0. The number of rotatable bonds is 6. The molecule has 0 saturated carbocycles. The number of benzene rings is 2. The second kappa shape index (κ2) is 8.96. The number of halogens is 1. The van der Waals surface area contributed by atoms with Crippen LogP contribution in [0.5, 0.6) is 11.5 Å². The van der Waals surface area contributed by atoms with Gasteiger partial charge in [0.2, 0.25) is 0 Å². The maximum absolute atomic E-state index is 13.0. The molecular weight excluding hydrogens is 381 g/mol. The molecule has 0 fully saturated rings. The van der Waals surface area contributed by atoms with Gasteiger partial charge in [-0.05, 0) is 72.3 Å². The van der Waals surface area contributed by atoms with Crippen LogP contribution in [0, 0.1) is 5.82 Å². The first-order chi connectivity index (χ1) is 14.7. The quantitative estimate of drug-likeness (QED) is 0.495. The Balaban J connectivity index is 1.41. The van der Waals surface area contributed by atoms with Crippen molar-refractivity contribution in [2.75, 3.05) is 0 Å². The lowest BCUT2D eigenvalue weighted by atomic mass is 10.1. The smallest absolute Gasteiger partial charge is 0.251 e. The third kappa shape index (κ3) is 4.86. The van der Waals surface area contributed by atoms with Crippen LogP contribution in [0.15, 0.2) is 91.4 Å². The number of hydrogen-bond donors (Lipinski definition) is 1. The molecule has 4 rings (SSSR count). The summed E-state index contributed by atoms with van der Waals surface area (Å²) in [7, 11) is 0. The lowest BCUT2D eigenvalue weighted by Crippen LogP contribution is -2.22. The van der Waals surface area contributed by atoms with Crippen LogP contribution in [0.1, 0.15) is 15.9 Å². The third-order valence-corrected chi connectivity index (χ3v) is 4.38. The van der Waals surface area contributed by atoms with Crippen LogP contribution >= 0.6 is 0 Å². The van der Waals surface area contributed by atoms with E-state index in [1.54, 1.807) is 42.9 Å². The van der Waals surface area contributed by atoms with Crippen molar-refractivity contribution in [3.8, 4) is 22.8 Å². The Morgan fingerprint density at radius 3 is 2.60 bits per heavy atom. The predicted octanol–water partition coefficient (Wildman–Crippen LogP) is 5.01. The molecule has 0 bridgehead atoms. The highest BCUT2D eigenvalue weighted by atomic mass is 19.1. The van der Waals surface area contributed by atoms with E-state index < -0.39 is 0 Å². The number of nitrogens with one attached hydrogen (secondary N) is 1. The molecule has 148 valence electrons. The summed E-state index contributed by atoms with van der Waals surface area (Å²) in [6.45, 7) is 0.359. The highest BCUT2D eigenvalue weighted by Crippen LogP contribution is 2.22. The molecule has 6 heteroatoms. The molecular formula is C24H18FN3O2. The first kappa shape index (κ1) is 19.3. The van der Waals surface area contributed by atoms with E-state index >= 15 is 0 Å². The van der Waals surface area contributed by atoms with Crippen molar-refractivity contribution in [3.63, 3.8) is 0 Å². The van der Waals surface area contributed by atoms with E-state index in [9.17, 15) is 9.18 Å². The van der Waals surface area contributed by atoms with Gasteiger partial charge in [0.1, 0.15) is 17.3 Å². The molecule has 4 aromatic rings. The predicted molar refractivity (Wildman–Crippen MR) is 112 cm³/mol. The lowest BCUT2D eigenvalue weighted by molar-refractivity contribution is 0.0950. The van der Waals surface area contributed by atoms with E-state index in [2.05, 4.69) is 15.3 Å². The minimum Gasteiger partial charge on any atom is -0.457 e. The second-order valence-corrected chi connectivity index (χ2v) is 6.56. The monoisotopic (exact) mass is 399 g/mol. The summed E-state index contributed by atoms with van der Waals surface area (Å²) in [5, 5.41) is 2.90. The Labute approximate surface area is 173 Å². The molecule has 2 aromatic heterocycles. The van der Waals surface area contributed by atoms with Crippen LogP contribution in [0.2, 0.25) is 0 Å². The largest absolute Gasteiger partial charge is 0.457 e. The minimum absolute atomic E-state index is 0.223. The standard InChI is InChI=1S/C24H18FN3O2/c25-20-6-8-21(9-7-20)30-22-5-1-3-18(14-22)24(29)28-15-17-10-12-27-23(13-17)19-4-2-11-26-16-19/h1-14,16H,15H2,(H,28,29). The van der Waals surface area contributed by atoms with Gasteiger partial charge in [0.25, 0.3) is 5.91 Å². The first-order valence-electron chi connectivity index (χ1n) is 9.34. The number of nitrogens with zero attached hydrogens (tertiary/aromatic N) is 2. The Morgan fingerprint density at radius 1 is 0.933 bits per heavy atom. The van der Waals surface area contributed by atoms with Crippen LogP contribution in [-0.2, 0) is 6.54 Å².